The summed E-state index contributed by atoms with van der Waals surface area (Å²) in [5.74, 6) is 2.17. The molecule has 4 nitrogen and oxygen atoms in total. The molecular weight excluding hydrogens is 554 g/mol. The molecule has 1 atom stereocenters. The fraction of sp³-hybridized carbons (Fsp3) is 0.659. The van der Waals surface area contributed by atoms with Gasteiger partial charge in [-0.25, -0.2) is 4.79 Å². The van der Waals surface area contributed by atoms with E-state index in [0.29, 0.717) is 18.1 Å². The van der Waals surface area contributed by atoms with Crippen LogP contribution in [-0.2, 0) is 4.79 Å². The maximum absolute atomic E-state index is 13.2. The smallest absolute Gasteiger partial charge is 0.331 e. The standard InChI is InChI=1S/C41H61NO3/c1-4-6-8-10-11-12-13-15-17-31-44-38-27-23-36(24-28-38)37-25-29-39(30-26-37)45-40(43)41(3,33-42)32-35-21-19-34(20-22-35)18-16-14-9-7-5-2/h23-30,34-35H,4-22,31-32H2,1-3H3. The Bertz CT molecular complexity index is 1110. The summed E-state index contributed by atoms with van der Waals surface area (Å²) in [5.41, 5.74) is 1.01. The largest absolute Gasteiger partial charge is 0.494 e. The van der Waals surface area contributed by atoms with Crippen LogP contribution in [0.25, 0.3) is 11.1 Å². The summed E-state index contributed by atoms with van der Waals surface area (Å²) in [4.78, 5) is 13.2. The highest BCUT2D eigenvalue weighted by molar-refractivity contribution is 5.82. The Labute approximate surface area is 275 Å². The Balaban J connectivity index is 1.37. The SMILES string of the molecule is CCCCCCCCCCCOc1ccc(-c2ccc(OC(=O)C(C)(C#N)CC3CCC(CCCCCCC)CC3)cc2)cc1. The van der Waals surface area contributed by atoms with Gasteiger partial charge in [0.15, 0.2) is 5.41 Å². The van der Waals surface area contributed by atoms with E-state index in [1.54, 1.807) is 6.92 Å². The normalized spacial score (nSPS) is 17.7. The van der Waals surface area contributed by atoms with E-state index < -0.39 is 11.4 Å². The topological polar surface area (TPSA) is 59.3 Å². The predicted molar refractivity (Wildman–Crippen MR) is 187 cm³/mol. The van der Waals surface area contributed by atoms with E-state index in [9.17, 15) is 10.1 Å². The van der Waals surface area contributed by atoms with Crippen molar-refractivity contribution in [2.75, 3.05) is 6.61 Å². The molecule has 0 bridgehead atoms. The number of unbranched alkanes of at least 4 members (excludes halogenated alkanes) is 12. The van der Waals surface area contributed by atoms with Crippen LogP contribution in [0.4, 0.5) is 0 Å². The van der Waals surface area contributed by atoms with Gasteiger partial charge in [-0.2, -0.15) is 5.26 Å². The number of hydrogen-bond acceptors (Lipinski definition) is 4. The van der Waals surface area contributed by atoms with Crippen molar-refractivity contribution in [3.63, 3.8) is 0 Å². The molecule has 0 N–H and O–H groups in total. The second kappa shape index (κ2) is 21.1. The molecule has 0 spiro atoms. The number of nitriles is 1. The van der Waals surface area contributed by atoms with Crippen molar-refractivity contribution < 1.29 is 14.3 Å². The molecule has 45 heavy (non-hydrogen) atoms. The minimum atomic E-state index is -1.12. The van der Waals surface area contributed by atoms with Crippen LogP contribution in [0.3, 0.4) is 0 Å². The number of rotatable bonds is 22. The molecule has 0 heterocycles. The molecule has 248 valence electrons. The van der Waals surface area contributed by atoms with Crippen molar-refractivity contribution in [3.05, 3.63) is 48.5 Å². The third-order valence-electron chi connectivity index (χ3n) is 9.85. The first-order chi connectivity index (χ1) is 22.0. The van der Waals surface area contributed by atoms with Crippen LogP contribution in [0.15, 0.2) is 48.5 Å². The number of ether oxygens (including phenoxy) is 2. The maximum Gasteiger partial charge on any atom is 0.331 e. The van der Waals surface area contributed by atoms with Gasteiger partial charge < -0.3 is 9.47 Å². The summed E-state index contributed by atoms with van der Waals surface area (Å²) < 4.78 is 11.7. The van der Waals surface area contributed by atoms with E-state index in [4.69, 9.17) is 9.47 Å². The maximum atomic E-state index is 13.2. The zero-order valence-electron chi connectivity index (χ0n) is 28.8. The number of hydrogen-bond donors (Lipinski definition) is 0. The highest BCUT2D eigenvalue weighted by Gasteiger charge is 2.39. The van der Waals surface area contributed by atoms with E-state index in [0.717, 1.165) is 48.7 Å². The van der Waals surface area contributed by atoms with Gasteiger partial charge in [0, 0.05) is 0 Å². The molecule has 1 saturated carbocycles. The van der Waals surface area contributed by atoms with Gasteiger partial charge in [-0.3, -0.25) is 0 Å². The Morgan fingerprint density at radius 1 is 0.689 bits per heavy atom. The first-order valence-electron chi connectivity index (χ1n) is 18.4. The Hall–Kier alpha value is -2.80. The number of carbonyl (C=O) groups excluding carboxylic acids is 1. The van der Waals surface area contributed by atoms with Crippen molar-refractivity contribution in [1.29, 1.82) is 5.26 Å². The highest BCUT2D eigenvalue weighted by Crippen LogP contribution is 2.39. The van der Waals surface area contributed by atoms with Gasteiger partial charge in [0.05, 0.1) is 12.7 Å². The monoisotopic (exact) mass is 615 g/mol. The number of benzene rings is 2. The number of carbonyl (C=O) groups is 1. The van der Waals surface area contributed by atoms with Crippen LogP contribution in [0.5, 0.6) is 11.5 Å². The first-order valence-corrected chi connectivity index (χ1v) is 18.4. The van der Waals surface area contributed by atoms with Crippen LogP contribution < -0.4 is 9.47 Å². The lowest BCUT2D eigenvalue weighted by molar-refractivity contribution is -0.142. The Morgan fingerprint density at radius 2 is 1.16 bits per heavy atom. The molecule has 3 rings (SSSR count). The Morgan fingerprint density at radius 3 is 1.69 bits per heavy atom. The van der Waals surface area contributed by atoms with E-state index in [2.05, 4.69) is 32.0 Å². The van der Waals surface area contributed by atoms with Crippen LogP contribution in [0.2, 0.25) is 0 Å². The summed E-state index contributed by atoms with van der Waals surface area (Å²) >= 11 is 0. The van der Waals surface area contributed by atoms with E-state index in [1.807, 2.05) is 36.4 Å². The molecule has 0 saturated heterocycles. The van der Waals surface area contributed by atoms with Crippen LogP contribution >= 0.6 is 0 Å². The average Bonchev–Trinajstić information content (AvgIpc) is 3.07. The molecule has 2 aromatic rings. The van der Waals surface area contributed by atoms with Crippen molar-refractivity contribution in [1.82, 2.24) is 0 Å². The summed E-state index contributed by atoms with van der Waals surface area (Å²) in [7, 11) is 0. The highest BCUT2D eigenvalue weighted by atomic mass is 16.5. The minimum absolute atomic E-state index is 0.415. The molecule has 0 aliphatic heterocycles. The first kappa shape index (κ1) is 36.7. The zero-order chi connectivity index (χ0) is 32.2. The fourth-order valence-electron chi connectivity index (χ4n) is 6.79. The number of nitrogens with zero attached hydrogens (tertiary/aromatic N) is 1. The van der Waals surface area contributed by atoms with Crippen molar-refractivity contribution in [2.45, 2.75) is 149 Å². The molecule has 4 heteroatoms. The van der Waals surface area contributed by atoms with E-state index in [1.165, 1.54) is 103 Å². The lowest BCUT2D eigenvalue weighted by Gasteiger charge is -2.32. The Kier molecular flexibility index (Phi) is 17.2. The molecule has 0 amide bonds. The molecule has 1 unspecified atom stereocenters. The molecule has 0 aromatic heterocycles. The van der Waals surface area contributed by atoms with Crippen LogP contribution in [0, 0.1) is 28.6 Å². The van der Waals surface area contributed by atoms with Crippen molar-refractivity contribution >= 4 is 5.97 Å². The van der Waals surface area contributed by atoms with Gasteiger partial charge in [0.25, 0.3) is 0 Å². The summed E-state index contributed by atoms with van der Waals surface area (Å²) in [5, 5.41) is 9.99. The van der Waals surface area contributed by atoms with Gasteiger partial charge in [0.1, 0.15) is 11.5 Å². The third kappa shape index (κ3) is 13.6. The molecule has 1 aliphatic rings. The second-order valence-electron chi connectivity index (χ2n) is 13.9. The predicted octanol–water partition coefficient (Wildman–Crippen LogP) is 12.3. The molecule has 2 aromatic carbocycles. The zero-order valence-corrected chi connectivity index (χ0v) is 28.8. The fourth-order valence-corrected chi connectivity index (χ4v) is 6.79. The minimum Gasteiger partial charge on any atom is -0.494 e. The van der Waals surface area contributed by atoms with Gasteiger partial charge in [-0.05, 0) is 67.0 Å². The average molecular weight is 616 g/mol. The quantitative estimate of drug-likeness (QED) is 0.0751. The lowest BCUT2D eigenvalue weighted by Crippen LogP contribution is -2.33. The van der Waals surface area contributed by atoms with E-state index in [-0.39, 0.29) is 0 Å². The van der Waals surface area contributed by atoms with Crippen LogP contribution in [0.1, 0.15) is 149 Å². The van der Waals surface area contributed by atoms with Crippen LogP contribution in [-0.4, -0.2) is 12.6 Å². The van der Waals surface area contributed by atoms with Crippen molar-refractivity contribution in [2.24, 2.45) is 17.3 Å². The second-order valence-corrected chi connectivity index (χ2v) is 13.9. The summed E-state index contributed by atoms with van der Waals surface area (Å²) in [6, 6.07) is 18.1. The van der Waals surface area contributed by atoms with Gasteiger partial charge >= 0.3 is 5.97 Å². The van der Waals surface area contributed by atoms with Gasteiger partial charge in [-0.15, -0.1) is 0 Å². The summed E-state index contributed by atoms with van der Waals surface area (Å²) in [6.45, 7) is 7.04. The lowest BCUT2D eigenvalue weighted by atomic mass is 9.72. The third-order valence-corrected chi connectivity index (χ3v) is 9.85. The van der Waals surface area contributed by atoms with Crippen molar-refractivity contribution in [3.8, 4) is 28.7 Å². The molecule has 1 fully saturated rings. The van der Waals surface area contributed by atoms with Gasteiger partial charge in [-0.1, -0.05) is 154 Å². The van der Waals surface area contributed by atoms with Gasteiger partial charge in [0.2, 0.25) is 0 Å². The number of esters is 1. The summed E-state index contributed by atoms with van der Waals surface area (Å²) in [6.07, 6.45) is 25.1. The van der Waals surface area contributed by atoms with E-state index >= 15 is 0 Å². The molecule has 1 aliphatic carbocycles. The molecular formula is C41H61NO3. The molecule has 0 radical (unpaired) electrons.